The van der Waals surface area contributed by atoms with Crippen LogP contribution in [0.15, 0.2) is 12.1 Å². The molecule has 0 spiro atoms. The molecule has 1 N–H and O–H groups in total. The molecular formula is C12H16F3N. The van der Waals surface area contributed by atoms with E-state index in [1.165, 1.54) is 0 Å². The number of nitrogens with one attached hydrogen (secondary N) is 1. The first-order valence-corrected chi connectivity index (χ1v) is 5.33. The van der Waals surface area contributed by atoms with Gasteiger partial charge in [-0.05, 0) is 30.7 Å². The van der Waals surface area contributed by atoms with E-state index < -0.39 is 17.5 Å². The molecule has 1 rings (SSSR count). The Morgan fingerprint density at radius 1 is 1.19 bits per heavy atom. The first kappa shape index (κ1) is 13.0. The van der Waals surface area contributed by atoms with Crippen molar-refractivity contribution in [3.63, 3.8) is 0 Å². The normalized spacial score (nSPS) is 14.9. The highest BCUT2D eigenvalue weighted by Gasteiger charge is 2.19. The lowest BCUT2D eigenvalue weighted by molar-refractivity contribution is 0.390. The molecule has 0 amide bonds. The Kier molecular flexibility index (Phi) is 4.35. The van der Waals surface area contributed by atoms with Gasteiger partial charge in [-0.2, -0.15) is 0 Å². The molecule has 0 aliphatic carbocycles. The fourth-order valence-electron chi connectivity index (χ4n) is 1.77. The molecule has 0 aliphatic heterocycles. The Morgan fingerprint density at radius 3 is 2.06 bits per heavy atom. The predicted octanol–water partition coefficient (Wildman–Crippen LogP) is 3.41. The highest BCUT2D eigenvalue weighted by atomic mass is 19.2. The highest BCUT2D eigenvalue weighted by Crippen LogP contribution is 2.26. The molecule has 0 saturated heterocycles. The van der Waals surface area contributed by atoms with Crippen molar-refractivity contribution in [2.45, 2.75) is 26.3 Å². The van der Waals surface area contributed by atoms with Crippen LogP contribution in [0.3, 0.4) is 0 Å². The second kappa shape index (κ2) is 5.34. The second-order valence-electron chi connectivity index (χ2n) is 3.95. The maximum absolute atomic E-state index is 13.1. The van der Waals surface area contributed by atoms with Gasteiger partial charge in [0.2, 0.25) is 0 Å². The molecule has 0 radical (unpaired) electrons. The van der Waals surface area contributed by atoms with Crippen LogP contribution < -0.4 is 5.32 Å². The van der Waals surface area contributed by atoms with Gasteiger partial charge in [0.05, 0.1) is 0 Å². The van der Waals surface area contributed by atoms with Crippen LogP contribution in [0.4, 0.5) is 13.2 Å². The van der Waals surface area contributed by atoms with Crippen molar-refractivity contribution in [3.8, 4) is 0 Å². The van der Waals surface area contributed by atoms with Crippen molar-refractivity contribution < 1.29 is 13.2 Å². The minimum Gasteiger partial charge on any atom is -0.313 e. The zero-order chi connectivity index (χ0) is 12.3. The van der Waals surface area contributed by atoms with Crippen LogP contribution in [0.2, 0.25) is 0 Å². The van der Waals surface area contributed by atoms with Crippen LogP contribution in [0.5, 0.6) is 0 Å². The second-order valence-corrected chi connectivity index (χ2v) is 3.95. The summed E-state index contributed by atoms with van der Waals surface area (Å²) >= 11 is 0. The van der Waals surface area contributed by atoms with Gasteiger partial charge in [0, 0.05) is 6.04 Å². The summed E-state index contributed by atoms with van der Waals surface area (Å²) in [5.74, 6) is -3.48. The van der Waals surface area contributed by atoms with Crippen LogP contribution in [0.1, 0.15) is 31.9 Å². The smallest absolute Gasteiger partial charge is 0.194 e. The maximum atomic E-state index is 13.1. The Balaban J connectivity index is 3.11. The zero-order valence-corrected chi connectivity index (χ0v) is 9.65. The fraction of sp³-hybridized carbons (Fsp3) is 0.500. The number of halogens is 3. The van der Waals surface area contributed by atoms with Gasteiger partial charge in [0.25, 0.3) is 0 Å². The van der Waals surface area contributed by atoms with Crippen LogP contribution in [-0.4, -0.2) is 7.05 Å². The van der Waals surface area contributed by atoms with E-state index in [4.69, 9.17) is 0 Å². The summed E-state index contributed by atoms with van der Waals surface area (Å²) in [4.78, 5) is 0. The summed E-state index contributed by atoms with van der Waals surface area (Å²) < 4.78 is 38.9. The number of benzene rings is 1. The van der Waals surface area contributed by atoms with Crippen LogP contribution in [0.25, 0.3) is 0 Å². The van der Waals surface area contributed by atoms with Gasteiger partial charge in [-0.25, -0.2) is 13.2 Å². The first-order chi connectivity index (χ1) is 7.51. The summed E-state index contributed by atoms with van der Waals surface area (Å²) in [6.45, 7) is 3.96. The van der Waals surface area contributed by atoms with Crippen molar-refractivity contribution in [2.75, 3.05) is 7.05 Å². The van der Waals surface area contributed by atoms with Crippen molar-refractivity contribution in [1.82, 2.24) is 5.32 Å². The summed E-state index contributed by atoms with van der Waals surface area (Å²) in [5, 5.41) is 2.99. The number of hydrogen-bond donors (Lipinski definition) is 1. The van der Waals surface area contributed by atoms with E-state index in [0.29, 0.717) is 5.56 Å². The van der Waals surface area contributed by atoms with Gasteiger partial charge in [0.1, 0.15) is 0 Å². The Hall–Kier alpha value is -1.03. The quantitative estimate of drug-likeness (QED) is 0.783. The van der Waals surface area contributed by atoms with Crippen LogP contribution >= 0.6 is 0 Å². The number of rotatable bonds is 4. The van der Waals surface area contributed by atoms with E-state index in [2.05, 4.69) is 5.32 Å². The molecule has 4 heteroatoms. The van der Waals surface area contributed by atoms with E-state index in [1.54, 1.807) is 7.05 Å². The molecule has 0 aliphatic rings. The van der Waals surface area contributed by atoms with E-state index in [9.17, 15) is 13.2 Å². The van der Waals surface area contributed by atoms with Crippen LogP contribution in [-0.2, 0) is 0 Å². The molecular weight excluding hydrogens is 215 g/mol. The summed E-state index contributed by atoms with van der Waals surface area (Å²) in [5.41, 5.74) is 0.438. The van der Waals surface area contributed by atoms with E-state index >= 15 is 0 Å². The SMILES string of the molecule is CCC(C)C(NC)c1cc(F)c(F)c(F)c1. The van der Waals surface area contributed by atoms with E-state index in [0.717, 1.165) is 18.6 Å². The molecule has 2 atom stereocenters. The molecule has 0 heterocycles. The zero-order valence-electron chi connectivity index (χ0n) is 9.65. The third kappa shape index (κ3) is 2.55. The Morgan fingerprint density at radius 2 is 1.69 bits per heavy atom. The molecule has 16 heavy (non-hydrogen) atoms. The Bertz CT molecular complexity index is 342. The first-order valence-electron chi connectivity index (χ1n) is 5.33. The van der Waals surface area contributed by atoms with E-state index in [1.807, 2.05) is 13.8 Å². The van der Waals surface area contributed by atoms with Gasteiger partial charge in [-0.3, -0.25) is 0 Å². The topological polar surface area (TPSA) is 12.0 Å². The molecule has 1 aromatic carbocycles. The van der Waals surface area contributed by atoms with Gasteiger partial charge < -0.3 is 5.32 Å². The average Bonchev–Trinajstić information content (AvgIpc) is 2.26. The van der Waals surface area contributed by atoms with Crippen molar-refractivity contribution in [1.29, 1.82) is 0 Å². The lowest BCUT2D eigenvalue weighted by Crippen LogP contribution is -2.23. The summed E-state index contributed by atoms with van der Waals surface area (Å²) in [6, 6.07) is 1.92. The molecule has 1 aromatic rings. The van der Waals surface area contributed by atoms with E-state index in [-0.39, 0.29) is 12.0 Å². The maximum Gasteiger partial charge on any atom is 0.194 e. The molecule has 0 bridgehead atoms. The summed E-state index contributed by atoms with van der Waals surface area (Å²) in [6.07, 6.45) is 0.867. The molecule has 0 fully saturated rings. The Labute approximate surface area is 93.7 Å². The third-order valence-electron chi connectivity index (χ3n) is 2.89. The largest absolute Gasteiger partial charge is 0.313 e. The lowest BCUT2D eigenvalue weighted by atomic mass is 9.92. The fourth-order valence-corrected chi connectivity index (χ4v) is 1.77. The van der Waals surface area contributed by atoms with Gasteiger partial charge >= 0.3 is 0 Å². The third-order valence-corrected chi connectivity index (χ3v) is 2.89. The minimum atomic E-state index is -1.41. The highest BCUT2D eigenvalue weighted by molar-refractivity contribution is 5.23. The number of hydrogen-bond acceptors (Lipinski definition) is 1. The van der Waals surface area contributed by atoms with Crippen molar-refractivity contribution >= 4 is 0 Å². The van der Waals surface area contributed by atoms with Gasteiger partial charge in [-0.1, -0.05) is 20.3 Å². The van der Waals surface area contributed by atoms with Crippen LogP contribution in [0, 0.1) is 23.4 Å². The van der Waals surface area contributed by atoms with Gasteiger partial charge in [-0.15, -0.1) is 0 Å². The van der Waals surface area contributed by atoms with Crippen molar-refractivity contribution in [2.24, 2.45) is 5.92 Å². The molecule has 0 aromatic heterocycles. The molecule has 1 nitrogen and oxygen atoms in total. The standard InChI is InChI=1S/C12H16F3N/c1-4-7(2)12(16-3)8-5-9(13)11(15)10(14)6-8/h5-7,12,16H,4H2,1-3H3. The van der Waals surface area contributed by atoms with Gasteiger partial charge in [0.15, 0.2) is 17.5 Å². The minimum absolute atomic E-state index is 0.172. The average molecular weight is 231 g/mol. The monoisotopic (exact) mass is 231 g/mol. The lowest BCUT2D eigenvalue weighted by Gasteiger charge is -2.23. The molecule has 0 saturated carbocycles. The molecule has 2 unspecified atom stereocenters. The predicted molar refractivity (Wildman–Crippen MR) is 57.6 cm³/mol. The summed E-state index contributed by atoms with van der Waals surface area (Å²) in [7, 11) is 1.72. The molecule has 90 valence electrons. The van der Waals surface area contributed by atoms with Crippen molar-refractivity contribution in [3.05, 3.63) is 35.1 Å².